The highest BCUT2D eigenvalue weighted by atomic mass is 32.1. The van der Waals surface area contributed by atoms with Gasteiger partial charge < -0.3 is 5.32 Å². The normalized spacial score (nSPS) is 12.6. The monoisotopic (exact) mass is 234 g/mol. The van der Waals surface area contributed by atoms with Crippen molar-refractivity contribution < 1.29 is 0 Å². The van der Waals surface area contributed by atoms with Gasteiger partial charge in [-0.2, -0.15) is 0 Å². The van der Waals surface area contributed by atoms with Crippen molar-refractivity contribution in [3.63, 3.8) is 0 Å². The topological polar surface area (TPSA) is 50.7 Å². The van der Waals surface area contributed by atoms with E-state index in [2.05, 4.69) is 27.2 Å². The summed E-state index contributed by atoms with van der Waals surface area (Å²) in [7, 11) is 1.95. The molecule has 0 aromatic carbocycles. The van der Waals surface area contributed by atoms with Crippen molar-refractivity contribution in [1.29, 1.82) is 0 Å². The maximum Gasteiger partial charge on any atom is 0.108 e. The van der Waals surface area contributed by atoms with Gasteiger partial charge in [0.1, 0.15) is 11.4 Å². The molecule has 0 aliphatic carbocycles. The molecule has 1 N–H and O–H groups in total. The summed E-state index contributed by atoms with van der Waals surface area (Å²) >= 11 is 1.67. The first kappa shape index (κ1) is 11.2. The van der Waals surface area contributed by atoms with Crippen molar-refractivity contribution in [3.05, 3.63) is 29.0 Å². The molecule has 0 spiro atoms. The van der Waals surface area contributed by atoms with E-state index in [9.17, 15) is 0 Å². The predicted octanol–water partition coefficient (Wildman–Crippen LogP) is 1.92. The number of hydrogen-bond acceptors (Lipinski definition) is 5. The van der Waals surface area contributed by atoms with Crippen LogP contribution in [0.5, 0.6) is 0 Å². The van der Waals surface area contributed by atoms with Crippen molar-refractivity contribution >= 4 is 11.3 Å². The maximum atomic E-state index is 4.58. The summed E-state index contributed by atoms with van der Waals surface area (Å²) in [6.45, 7) is 3.10. The largest absolute Gasteiger partial charge is 0.319 e. The molecule has 1 unspecified atom stereocenters. The van der Waals surface area contributed by atoms with Gasteiger partial charge in [-0.15, -0.1) is 11.3 Å². The van der Waals surface area contributed by atoms with Gasteiger partial charge in [-0.1, -0.05) is 6.92 Å². The van der Waals surface area contributed by atoms with Crippen LogP contribution in [-0.2, 0) is 0 Å². The van der Waals surface area contributed by atoms with E-state index in [1.54, 1.807) is 29.9 Å². The van der Waals surface area contributed by atoms with E-state index in [1.165, 1.54) is 0 Å². The second-order valence-corrected chi connectivity index (χ2v) is 4.51. The second kappa shape index (κ2) is 5.14. The van der Waals surface area contributed by atoms with Crippen LogP contribution in [0.25, 0.3) is 11.4 Å². The van der Waals surface area contributed by atoms with Gasteiger partial charge in [-0.25, -0.2) is 4.98 Å². The molecule has 0 bridgehead atoms. The third kappa shape index (κ3) is 2.43. The quantitative estimate of drug-likeness (QED) is 0.878. The van der Waals surface area contributed by atoms with Crippen molar-refractivity contribution in [1.82, 2.24) is 20.3 Å². The fourth-order valence-corrected chi connectivity index (χ4v) is 2.33. The van der Waals surface area contributed by atoms with Gasteiger partial charge in [0.25, 0.3) is 0 Å². The van der Waals surface area contributed by atoms with Crippen molar-refractivity contribution in [2.75, 3.05) is 13.6 Å². The lowest BCUT2D eigenvalue weighted by Gasteiger charge is -2.05. The molecule has 16 heavy (non-hydrogen) atoms. The van der Waals surface area contributed by atoms with Crippen LogP contribution in [0.1, 0.15) is 17.8 Å². The van der Waals surface area contributed by atoms with Crippen LogP contribution < -0.4 is 5.32 Å². The van der Waals surface area contributed by atoms with Gasteiger partial charge in [0.05, 0.1) is 11.2 Å². The molecule has 0 amide bonds. The van der Waals surface area contributed by atoms with Crippen molar-refractivity contribution in [2.45, 2.75) is 12.8 Å². The van der Waals surface area contributed by atoms with Gasteiger partial charge in [0, 0.05) is 30.2 Å². The van der Waals surface area contributed by atoms with Crippen molar-refractivity contribution in [2.24, 2.45) is 0 Å². The highest BCUT2D eigenvalue weighted by Gasteiger charge is 2.11. The molecule has 2 aromatic heterocycles. The van der Waals surface area contributed by atoms with E-state index in [0.29, 0.717) is 5.92 Å². The molecule has 4 nitrogen and oxygen atoms in total. The Morgan fingerprint density at radius 3 is 2.94 bits per heavy atom. The fraction of sp³-hybridized carbons (Fsp3) is 0.364. The Morgan fingerprint density at radius 2 is 2.25 bits per heavy atom. The number of nitrogens with one attached hydrogen (secondary N) is 1. The molecule has 2 heterocycles. The SMILES string of the molecule is CNCC(C)c1nc(-c2cnccn2)cs1. The summed E-state index contributed by atoms with van der Waals surface area (Å²) in [6, 6.07) is 0. The number of rotatable bonds is 4. The Kier molecular flexibility index (Phi) is 3.58. The van der Waals surface area contributed by atoms with Gasteiger partial charge >= 0.3 is 0 Å². The zero-order valence-corrected chi connectivity index (χ0v) is 10.2. The molecule has 0 fully saturated rings. The van der Waals surface area contributed by atoms with Crippen LogP contribution in [0.2, 0.25) is 0 Å². The molecule has 0 saturated heterocycles. The van der Waals surface area contributed by atoms with Crippen LogP contribution in [-0.4, -0.2) is 28.5 Å². The van der Waals surface area contributed by atoms with E-state index in [1.807, 2.05) is 12.4 Å². The molecule has 0 radical (unpaired) electrons. The molecule has 0 aliphatic rings. The first-order valence-corrected chi connectivity index (χ1v) is 6.05. The van der Waals surface area contributed by atoms with Crippen molar-refractivity contribution in [3.8, 4) is 11.4 Å². The molecule has 0 saturated carbocycles. The number of thiazole rings is 1. The Bertz CT molecular complexity index is 440. The van der Waals surface area contributed by atoms with Crippen LogP contribution >= 0.6 is 11.3 Å². The average Bonchev–Trinajstić information content (AvgIpc) is 2.80. The lowest BCUT2D eigenvalue weighted by molar-refractivity contribution is 0.674. The van der Waals surface area contributed by atoms with E-state index >= 15 is 0 Å². The molecule has 1 atom stereocenters. The van der Waals surface area contributed by atoms with Gasteiger partial charge in [0.2, 0.25) is 0 Å². The highest BCUT2D eigenvalue weighted by Crippen LogP contribution is 2.24. The molecule has 84 valence electrons. The summed E-state index contributed by atoms with van der Waals surface area (Å²) in [6.07, 6.45) is 5.09. The Balaban J connectivity index is 2.20. The zero-order valence-electron chi connectivity index (χ0n) is 9.34. The maximum absolute atomic E-state index is 4.58. The first-order chi connectivity index (χ1) is 7.81. The average molecular weight is 234 g/mol. The predicted molar refractivity (Wildman–Crippen MR) is 65.5 cm³/mol. The molecule has 5 heteroatoms. The van der Waals surface area contributed by atoms with Crippen LogP contribution in [0.4, 0.5) is 0 Å². The smallest absolute Gasteiger partial charge is 0.108 e. The second-order valence-electron chi connectivity index (χ2n) is 3.62. The van der Waals surface area contributed by atoms with Gasteiger partial charge in [-0.3, -0.25) is 9.97 Å². The molecular formula is C11H14N4S. The van der Waals surface area contributed by atoms with Crippen LogP contribution in [0.15, 0.2) is 24.0 Å². The summed E-state index contributed by atoms with van der Waals surface area (Å²) in [5.41, 5.74) is 1.75. The Morgan fingerprint density at radius 1 is 1.38 bits per heavy atom. The first-order valence-electron chi connectivity index (χ1n) is 5.17. The minimum Gasteiger partial charge on any atom is -0.319 e. The third-order valence-electron chi connectivity index (χ3n) is 2.28. The van der Waals surface area contributed by atoms with Gasteiger partial charge in [0.15, 0.2) is 0 Å². The minimum atomic E-state index is 0.431. The van der Waals surface area contributed by atoms with Crippen LogP contribution in [0, 0.1) is 0 Å². The van der Waals surface area contributed by atoms with E-state index in [0.717, 1.165) is 22.9 Å². The molecular weight excluding hydrogens is 220 g/mol. The zero-order chi connectivity index (χ0) is 11.4. The van der Waals surface area contributed by atoms with E-state index in [-0.39, 0.29) is 0 Å². The summed E-state index contributed by atoms with van der Waals surface area (Å²) in [5, 5.41) is 6.32. The number of hydrogen-bond donors (Lipinski definition) is 1. The molecule has 0 aliphatic heterocycles. The molecule has 2 rings (SSSR count). The number of likely N-dealkylation sites (N-methyl/N-ethyl adjacent to an activating group) is 1. The van der Waals surface area contributed by atoms with Crippen LogP contribution in [0.3, 0.4) is 0 Å². The summed E-state index contributed by atoms with van der Waals surface area (Å²) < 4.78 is 0. The number of nitrogens with zero attached hydrogens (tertiary/aromatic N) is 3. The van der Waals surface area contributed by atoms with E-state index < -0.39 is 0 Å². The van der Waals surface area contributed by atoms with Gasteiger partial charge in [-0.05, 0) is 7.05 Å². The lowest BCUT2D eigenvalue weighted by atomic mass is 10.2. The fourth-order valence-electron chi connectivity index (χ4n) is 1.46. The summed E-state index contributed by atoms with van der Waals surface area (Å²) in [4.78, 5) is 12.9. The Hall–Kier alpha value is -1.33. The standard InChI is InChI=1S/C11H14N4S/c1-8(5-12-2)11-15-10(7-16-11)9-6-13-3-4-14-9/h3-4,6-8,12H,5H2,1-2H3. The lowest BCUT2D eigenvalue weighted by Crippen LogP contribution is -2.14. The highest BCUT2D eigenvalue weighted by molar-refractivity contribution is 7.10. The number of aromatic nitrogens is 3. The third-order valence-corrected chi connectivity index (χ3v) is 3.36. The molecule has 2 aromatic rings. The Labute approximate surface area is 98.8 Å². The van der Waals surface area contributed by atoms with E-state index in [4.69, 9.17) is 0 Å². The summed E-state index contributed by atoms with van der Waals surface area (Å²) in [5.74, 6) is 0.431. The minimum absolute atomic E-state index is 0.431.